The lowest BCUT2D eigenvalue weighted by atomic mass is 9.78. The van der Waals surface area contributed by atoms with Crippen LogP contribution in [0.2, 0.25) is 0 Å². The smallest absolute Gasteiger partial charge is 0.316 e. The number of benzene rings is 4. The molecule has 0 unspecified atom stereocenters. The molecule has 4 aromatic carbocycles. The monoisotopic (exact) mass is 1500 g/mol. The van der Waals surface area contributed by atoms with Gasteiger partial charge in [0.2, 0.25) is 29.5 Å². The molecule has 0 radical (unpaired) electrons. The van der Waals surface area contributed by atoms with Gasteiger partial charge in [-0.2, -0.15) is 0 Å². The average Bonchev–Trinajstić information content (AvgIpc) is 1.72. The lowest BCUT2D eigenvalue weighted by Gasteiger charge is -2.37. The molecule has 1 aliphatic rings. The van der Waals surface area contributed by atoms with Crippen LogP contribution in [0, 0.1) is 37.9 Å². The number of carbonyl (C=O) groups is 11. The van der Waals surface area contributed by atoms with E-state index in [4.69, 9.17) is 21.9 Å². The van der Waals surface area contributed by atoms with Crippen molar-refractivity contribution in [2.24, 2.45) is 55.1 Å². The summed E-state index contributed by atoms with van der Waals surface area (Å²) in [6, 6.07) is 31.0. The van der Waals surface area contributed by atoms with Crippen molar-refractivity contribution >= 4 is 108 Å². The molecule has 109 heavy (non-hydrogen) atoms. The quantitative estimate of drug-likeness (QED) is 0.0170. The zero-order valence-electron chi connectivity index (χ0n) is 66.2. The lowest BCUT2D eigenvalue weighted by molar-refractivity contribution is -0.170. The number of aromatic amines is 4. The first-order chi connectivity index (χ1) is 50.7. The van der Waals surface area contributed by atoms with Crippen molar-refractivity contribution < 1.29 is 67.7 Å². The van der Waals surface area contributed by atoms with Gasteiger partial charge in [0, 0.05) is 137 Å². The molecule has 4 atom stereocenters. The molecule has 5 amide bonds. The number of carbonyl (C=O) groups excluding carboxylic acids is 9. The fourth-order valence-electron chi connectivity index (χ4n) is 12.5. The molecular formula is C85H116N10O14. The molecule has 0 saturated carbocycles. The topological polar surface area (TPSA) is 415 Å². The second-order valence-electron chi connectivity index (χ2n) is 34.1. The van der Waals surface area contributed by atoms with Crippen LogP contribution in [0.3, 0.4) is 0 Å². The van der Waals surface area contributed by atoms with E-state index < -0.39 is 50.8 Å². The summed E-state index contributed by atoms with van der Waals surface area (Å²) in [4.78, 5) is 146. The van der Waals surface area contributed by atoms with Crippen molar-refractivity contribution in [3.8, 4) is 0 Å². The van der Waals surface area contributed by atoms with Crippen molar-refractivity contribution in [3.63, 3.8) is 0 Å². The highest BCUT2D eigenvalue weighted by Crippen LogP contribution is 2.33. The van der Waals surface area contributed by atoms with E-state index in [1.54, 1.807) is 13.8 Å². The zero-order chi connectivity index (χ0) is 81.2. The largest absolute Gasteiger partial charge is 0.481 e. The summed E-state index contributed by atoms with van der Waals surface area (Å²) in [7, 11) is 0. The second kappa shape index (κ2) is 37.4. The Hall–Kier alpha value is -10.1. The highest BCUT2D eigenvalue weighted by molar-refractivity contribution is 6.07. The number of fused-ring (bicyclic) bond motifs is 4. The maximum absolute atomic E-state index is 12.5. The Morgan fingerprint density at radius 1 is 0.431 bits per heavy atom. The average molecular weight is 1500 g/mol. The Bertz CT molecular complexity index is 4370. The molecule has 1 fully saturated rings. The molecule has 5 heterocycles. The number of aliphatic carboxylic acids is 2. The summed E-state index contributed by atoms with van der Waals surface area (Å²) in [6.07, 6.45) is 13.3. The van der Waals surface area contributed by atoms with Gasteiger partial charge < -0.3 is 68.0 Å². The van der Waals surface area contributed by atoms with Crippen LogP contribution >= 0.6 is 0 Å². The minimum Gasteiger partial charge on any atom is -0.481 e. The van der Waals surface area contributed by atoms with Crippen LogP contribution in [0.25, 0.3) is 43.6 Å². The van der Waals surface area contributed by atoms with E-state index in [1.165, 1.54) is 27.7 Å². The first-order valence-corrected chi connectivity index (χ1v) is 37.4. The zero-order valence-corrected chi connectivity index (χ0v) is 66.2. The van der Waals surface area contributed by atoms with Crippen LogP contribution in [0.15, 0.2) is 122 Å². The van der Waals surface area contributed by atoms with Crippen molar-refractivity contribution in [2.45, 2.75) is 218 Å². The first-order valence-electron chi connectivity index (χ1n) is 37.4. The summed E-state index contributed by atoms with van der Waals surface area (Å²) in [5, 5.41) is 32.1. The van der Waals surface area contributed by atoms with Gasteiger partial charge in [-0.05, 0) is 150 Å². The number of Topliss-reactive ketones (excluding diaryl/α,β-unsaturated/α-hetero) is 4. The Labute approximate surface area is 639 Å². The third-order valence-electron chi connectivity index (χ3n) is 20.1. The molecule has 24 heteroatoms. The molecule has 9 rings (SSSR count). The molecule has 1 saturated heterocycles. The summed E-state index contributed by atoms with van der Waals surface area (Å²) in [6.45, 7) is 26.5. The number of ketones is 4. The number of hydrogen-bond donors (Lipinski definition) is 12. The minimum atomic E-state index is -1.43. The van der Waals surface area contributed by atoms with Crippen LogP contribution in [-0.2, 0) is 83.2 Å². The van der Waals surface area contributed by atoms with Gasteiger partial charge in [-0.25, -0.2) is 0 Å². The van der Waals surface area contributed by atoms with E-state index in [2.05, 4.69) is 35.9 Å². The third kappa shape index (κ3) is 25.0. The van der Waals surface area contributed by atoms with Gasteiger partial charge in [0.15, 0.2) is 11.2 Å². The molecule has 590 valence electrons. The number of nitrogens with two attached hydrogens (primary N) is 3. The number of rotatable bonds is 33. The number of aromatic nitrogens is 4. The maximum atomic E-state index is 12.5. The molecule has 0 spiro atoms. The van der Waals surface area contributed by atoms with Crippen molar-refractivity contribution in [2.75, 3.05) is 13.2 Å². The number of carboxylic acids is 2. The van der Waals surface area contributed by atoms with Gasteiger partial charge in [-0.1, -0.05) is 135 Å². The third-order valence-corrected chi connectivity index (χ3v) is 20.1. The number of carboxylic acid groups (broad SMARTS) is 2. The summed E-state index contributed by atoms with van der Waals surface area (Å²) < 4.78 is 5.00. The van der Waals surface area contributed by atoms with Crippen LogP contribution < -0.4 is 33.2 Å². The Morgan fingerprint density at radius 2 is 0.734 bits per heavy atom. The van der Waals surface area contributed by atoms with Crippen molar-refractivity contribution in [1.29, 1.82) is 0 Å². The molecule has 24 nitrogen and oxygen atoms in total. The minimum absolute atomic E-state index is 0.0380. The predicted octanol–water partition coefficient (Wildman–Crippen LogP) is 12.2. The number of ether oxygens (including phenoxy) is 1. The highest BCUT2D eigenvalue weighted by atomic mass is 16.5. The number of H-pyrrole nitrogens is 4. The first kappa shape index (κ1) is 87.8. The fraction of sp³-hybridized carbons (Fsp3) is 0.494. The normalized spacial score (nSPS) is 14.2. The summed E-state index contributed by atoms with van der Waals surface area (Å²) >= 11 is 0. The van der Waals surface area contributed by atoms with Gasteiger partial charge in [0.1, 0.15) is 33.6 Å². The number of nitrogens with one attached hydrogen (secondary N) is 7. The molecule has 0 aliphatic carbocycles. The lowest BCUT2D eigenvalue weighted by Crippen LogP contribution is -2.57. The molecule has 1 aliphatic heterocycles. The Kier molecular flexibility index (Phi) is 30.1. The van der Waals surface area contributed by atoms with Crippen LogP contribution in [-0.4, -0.2) is 132 Å². The highest BCUT2D eigenvalue weighted by Gasteiger charge is 2.50. The van der Waals surface area contributed by atoms with Crippen molar-refractivity contribution in [3.05, 3.63) is 144 Å². The van der Waals surface area contributed by atoms with Gasteiger partial charge >= 0.3 is 11.9 Å². The van der Waals surface area contributed by atoms with E-state index in [0.29, 0.717) is 64.2 Å². The molecule has 0 bridgehead atoms. The summed E-state index contributed by atoms with van der Waals surface area (Å²) in [5.41, 5.74) is 19.3. The van der Waals surface area contributed by atoms with E-state index in [0.717, 1.165) is 65.9 Å². The molecule has 4 aromatic heterocycles. The van der Waals surface area contributed by atoms with E-state index >= 15 is 0 Å². The van der Waals surface area contributed by atoms with Gasteiger partial charge in [-0.3, -0.25) is 52.7 Å². The van der Waals surface area contributed by atoms with Crippen molar-refractivity contribution in [1.82, 2.24) is 35.9 Å². The fourth-order valence-corrected chi connectivity index (χ4v) is 12.5. The number of hydrogen-bond acceptors (Lipinski definition) is 13. The Morgan fingerprint density at radius 3 is 1.01 bits per heavy atom. The molecular weight excluding hydrogens is 1380 g/mol. The van der Waals surface area contributed by atoms with E-state index in [9.17, 15) is 63.0 Å². The second-order valence-corrected chi connectivity index (χ2v) is 34.1. The Balaban J connectivity index is 0.000000228. The van der Waals surface area contributed by atoms with Crippen LogP contribution in [0.5, 0.6) is 0 Å². The van der Waals surface area contributed by atoms with Crippen LogP contribution in [0.4, 0.5) is 0 Å². The number of primary amides is 2. The summed E-state index contributed by atoms with van der Waals surface area (Å²) in [5.74, 6) is -4.74. The molecule has 8 aromatic rings. The number of amides is 5. The maximum Gasteiger partial charge on any atom is 0.316 e. The van der Waals surface area contributed by atoms with Crippen LogP contribution in [0.1, 0.15) is 190 Å². The van der Waals surface area contributed by atoms with Gasteiger partial charge in [-0.15, -0.1) is 0 Å². The standard InChI is InChI=1S/C23H33N3O3.C23H32N2O4.C22H30N2O4.C17H21N3O3/c1-22(2,3)13-20(28)26-16(10-11-19(27)23(4,5)21(24)29)12-15-14-25-18-9-7-6-8-17(15)18;1-22(2,3)13-20(27)25-16(10-11-19(26)23(4,5)21(28)29)12-15-14-24-18-9-7-6-8-17(15)18;1-21(2,3)19(26)24-15(10-11-18(25)22(4,5)20(27)28)12-14-13-23-17-9-7-6-8-16(14)17;18-12(5-6-15(21)17(16(19)22)9-23-10-17)7-11-8-20-14-4-2-1-3-13(11)14/h6-9,14,16,25H,10-13H2,1-5H3,(H2,24,29)(H,26,28);6-9,14,16,24H,10-13H2,1-5H3,(H,25,27)(H,28,29);6-9,13,15,23H,10-12H2,1-5H3,(H,24,26)(H,27,28);1-4,8,12,20H,5-7,9-10,18H2,(H2,19,22)/t2*16-;15-;12-/m0000/s1. The predicted molar refractivity (Wildman–Crippen MR) is 425 cm³/mol. The SMILES string of the molecule is CC(C)(C)C(=O)N[C@@H](CCC(=O)C(C)(C)C(=O)O)Cc1c[nH]c2ccccc12.CC(C)(C)CC(=O)N[C@@H](CCC(=O)C(C)(C)C(=O)O)Cc1c[nH]c2ccccc12.CC(C)(C)CC(=O)N[C@@H](CCC(=O)C(C)(C)C(N)=O)Cc1c[nH]c2ccccc12.NC(=O)C1(C(=O)CC[C@H](N)Cc2c[nH]c3ccccc23)COC1. The number of para-hydroxylation sites is 4. The van der Waals surface area contributed by atoms with Gasteiger partial charge in [0.25, 0.3) is 0 Å². The molecule has 15 N–H and O–H groups in total. The van der Waals surface area contributed by atoms with Gasteiger partial charge in [0.05, 0.1) is 13.2 Å². The van der Waals surface area contributed by atoms with E-state index in [-0.39, 0.29) is 115 Å². The van der Waals surface area contributed by atoms with E-state index in [1.807, 2.05) is 184 Å².